The van der Waals surface area contributed by atoms with Crippen molar-refractivity contribution in [1.29, 1.82) is 0 Å². The number of H-pyrrole nitrogens is 1. The summed E-state index contributed by atoms with van der Waals surface area (Å²) >= 11 is 0. The molecule has 0 saturated carbocycles. The van der Waals surface area contributed by atoms with E-state index in [0.29, 0.717) is 5.56 Å². The monoisotopic (exact) mass is 189 g/mol. The Morgan fingerprint density at radius 1 is 1.46 bits per heavy atom. The van der Waals surface area contributed by atoms with E-state index in [2.05, 4.69) is 10.2 Å². The van der Waals surface area contributed by atoms with Gasteiger partial charge in [0.05, 0.1) is 0 Å². The standard InChI is InChI=1S/C8H13F2N3/c1-4(2)5-6(8(3,9)10)12-13-7(5)11/h4H,1-3H3,(H3,11,12,13). The van der Waals surface area contributed by atoms with Crippen molar-refractivity contribution < 1.29 is 8.78 Å². The molecule has 0 atom stereocenters. The Bertz CT molecular complexity index is 299. The number of alkyl halides is 2. The van der Waals surface area contributed by atoms with Gasteiger partial charge in [-0.3, -0.25) is 5.10 Å². The van der Waals surface area contributed by atoms with Gasteiger partial charge in [0.25, 0.3) is 5.92 Å². The second-order valence-corrected chi connectivity index (χ2v) is 3.44. The van der Waals surface area contributed by atoms with Gasteiger partial charge in [-0.25, -0.2) is 0 Å². The van der Waals surface area contributed by atoms with E-state index in [9.17, 15) is 8.78 Å². The summed E-state index contributed by atoms with van der Waals surface area (Å²) in [4.78, 5) is 0. The first-order valence-corrected chi connectivity index (χ1v) is 4.06. The van der Waals surface area contributed by atoms with E-state index < -0.39 is 5.92 Å². The number of hydrogen-bond donors (Lipinski definition) is 2. The molecule has 0 aliphatic carbocycles. The number of nitrogens with one attached hydrogen (secondary N) is 1. The molecule has 3 nitrogen and oxygen atoms in total. The van der Waals surface area contributed by atoms with Gasteiger partial charge in [0.1, 0.15) is 11.5 Å². The summed E-state index contributed by atoms with van der Waals surface area (Å²) in [6.07, 6.45) is 0. The molecular formula is C8H13F2N3. The largest absolute Gasteiger partial charge is 0.382 e. The lowest BCUT2D eigenvalue weighted by molar-refractivity contribution is 0.0116. The van der Waals surface area contributed by atoms with Gasteiger partial charge in [-0.2, -0.15) is 13.9 Å². The Morgan fingerprint density at radius 2 is 2.00 bits per heavy atom. The van der Waals surface area contributed by atoms with E-state index in [1.54, 1.807) is 13.8 Å². The summed E-state index contributed by atoms with van der Waals surface area (Å²) in [6, 6.07) is 0. The molecule has 74 valence electrons. The quantitative estimate of drug-likeness (QED) is 0.749. The summed E-state index contributed by atoms with van der Waals surface area (Å²) in [6.45, 7) is 4.43. The normalized spacial score (nSPS) is 12.5. The van der Waals surface area contributed by atoms with E-state index in [0.717, 1.165) is 6.92 Å². The number of aromatic amines is 1. The van der Waals surface area contributed by atoms with E-state index in [1.165, 1.54) is 0 Å². The molecule has 13 heavy (non-hydrogen) atoms. The van der Waals surface area contributed by atoms with Crippen LogP contribution in [0.5, 0.6) is 0 Å². The minimum Gasteiger partial charge on any atom is -0.382 e. The molecule has 0 amide bonds. The van der Waals surface area contributed by atoms with Gasteiger partial charge in [0.2, 0.25) is 0 Å². The third-order valence-corrected chi connectivity index (χ3v) is 1.85. The van der Waals surface area contributed by atoms with Crippen LogP contribution in [0.4, 0.5) is 14.6 Å². The van der Waals surface area contributed by atoms with Crippen molar-refractivity contribution in [3.63, 3.8) is 0 Å². The minimum atomic E-state index is -2.91. The number of nitrogens with two attached hydrogens (primary N) is 1. The Hall–Kier alpha value is -1.13. The Balaban J connectivity index is 3.23. The third kappa shape index (κ3) is 1.79. The maximum atomic E-state index is 13.0. The molecule has 3 N–H and O–H groups in total. The summed E-state index contributed by atoms with van der Waals surface area (Å²) in [7, 11) is 0. The van der Waals surface area contributed by atoms with Crippen LogP contribution in [-0.4, -0.2) is 10.2 Å². The first-order chi connectivity index (χ1) is 5.84. The second kappa shape index (κ2) is 2.97. The zero-order chi connectivity index (χ0) is 10.2. The molecule has 0 spiro atoms. The average molecular weight is 189 g/mol. The van der Waals surface area contributed by atoms with Crippen LogP contribution < -0.4 is 5.73 Å². The van der Waals surface area contributed by atoms with Crippen LogP contribution >= 0.6 is 0 Å². The predicted molar refractivity (Wildman–Crippen MR) is 46.7 cm³/mol. The highest BCUT2D eigenvalue weighted by atomic mass is 19.3. The fraction of sp³-hybridized carbons (Fsp3) is 0.625. The first kappa shape index (κ1) is 9.95. The number of hydrogen-bond acceptors (Lipinski definition) is 2. The topological polar surface area (TPSA) is 54.7 Å². The van der Waals surface area contributed by atoms with Crippen molar-refractivity contribution in [3.8, 4) is 0 Å². The number of halogens is 2. The van der Waals surface area contributed by atoms with Gasteiger partial charge in [-0.05, 0) is 5.92 Å². The van der Waals surface area contributed by atoms with E-state index in [-0.39, 0.29) is 17.4 Å². The molecule has 1 rings (SSSR count). The van der Waals surface area contributed by atoms with Crippen molar-refractivity contribution >= 4 is 5.82 Å². The molecule has 0 radical (unpaired) electrons. The van der Waals surface area contributed by atoms with Crippen molar-refractivity contribution in [2.45, 2.75) is 32.6 Å². The van der Waals surface area contributed by atoms with E-state index in [4.69, 9.17) is 5.73 Å². The molecule has 0 bridgehead atoms. The maximum absolute atomic E-state index is 13.0. The molecule has 5 heteroatoms. The first-order valence-electron chi connectivity index (χ1n) is 4.06. The molecule has 0 unspecified atom stereocenters. The van der Waals surface area contributed by atoms with Crippen molar-refractivity contribution in [1.82, 2.24) is 10.2 Å². The Labute approximate surface area is 75.3 Å². The SMILES string of the molecule is CC(C)c1c(N)n[nH]c1C(C)(F)F. The number of rotatable bonds is 2. The zero-order valence-electron chi connectivity index (χ0n) is 7.86. The van der Waals surface area contributed by atoms with Crippen LogP contribution in [-0.2, 0) is 5.92 Å². The molecular weight excluding hydrogens is 176 g/mol. The molecule has 0 aliphatic rings. The predicted octanol–water partition coefficient (Wildman–Crippen LogP) is 2.23. The summed E-state index contributed by atoms with van der Waals surface area (Å²) < 4.78 is 25.9. The minimum absolute atomic E-state index is 0.0559. The lowest BCUT2D eigenvalue weighted by Gasteiger charge is -2.12. The van der Waals surface area contributed by atoms with Crippen LogP contribution in [0.15, 0.2) is 0 Å². The second-order valence-electron chi connectivity index (χ2n) is 3.44. The lowest BCUT2D eigenvalue weighted by Crippen LogP contribution is -2.11. The van der Waals surface area contributed by atoms with E-state index >= 15 is 0 Å². The van der Waals surface area contributed by atoms with Crippen LogP contribution in [0, 0.1) is 0 Å². The van der Waals surface area contributed by atoms with Gasteiger partial charge in [0, 0.05) is 12.5 Å². The number of aromatic nitrogens is 2. The Kier molecular flexibility index (Phi) is 2.28. The van der Waals surface area contributed by atoms with Gasteiger partial charge in [0.15, 0.2) is 0 Å². The number of anilines is 1. The summed E-state index contributed by atoms with van der Waals surface area (Å²) in [5.74, 6) is -2.81. The third-order valence-electron chi connectivity index (χ3n) is 1.85. The molecule has 1 aromatic rings. The van der Waals surface area contributed by atoms with Gasteiger partial charge >= 0.3 is 0 Å². The Morgan fingerprint density at radius 3 is 2.31 bits per heavy atom. The van der Waals surface area contributed by atoms with Crippen LogP contribution in [0.25, 0.3) is 0 Å². The smallest absolute Gasteiger partial charge is 0.286 e. The molecule has 0 aromatic carbocycles. The van der Waals surface area contributed by atoms with E-state index in [1.807, 2.05) is 0 Å². The van der Waals surface area contributed by atoms with Crippen LogP contribution in [0.1, 0.15) is 37.9 Å². The lowest BCUT2D eigenvalue weighted by atomic mass is 10.0. The molecule has 0 fully saturated rings. The summed E-state index contributed by atoms with van der Waals surface area (Å²) in [5.41, 5.74) is 5.69. The highest BCUT2D eigenvalue weighted by molar-refractivity contribution is 5.45. The molecule has 0 aliphatic heterocycles. The summed E-state index contributed by atoms with van der Waals surface area (Å²) in [5, 5.41) is 5.85. The van der Waals surface area contributed by atoms with Gasteiger partial charge in [-0.15, -0.1) is 0 Å². The zero-order valence-corrected chi connectivity index (χ0v) is 7.86. The average Bonchev–Trinajstić information content (AvgIpc) is 2.28. The highest BCUT2D eigenvalue weighted by Crippen LogP contribution is 2.34. The van der Waals surface area contributed by atoms with Crippen LogP contribution in [0.3, 0.4) is 0 Å². The molecule has 0 saturated heterocycles. The van der Waals surface area contributed by atoms with Crippen LogP contribution in [0.2, 0.25) is 0 Å². The van der Waals surface area contributed by atoms with Gasteiger partial charge in [-0.1, -0.05) is 13.8 Å². The fourth-order valence-corrected chi connectivity index (χ4v) is 1.28. The van der Waals surface area contributed by atoms with Gasteiger partial charge < -0.3 is 5.73 Å². The highest BCUT2D eigenvalue weighted by Gasteiger charge is 2.32. The number of nitrogen functional groups attached to an aromatic ring is 1. The van der Waals surface area contributed by atoms with Crippen molar-refractivity contribution in [3.05, 3.63) is 11.3 Å². The molecule has 1 aromatic heterocycles. The molecule has 1 heterocycles. The fourth-order valence-electron chi connectivity index (χ4n) is 1.28. The maximum Gasteiger partial charge on any atom is 0.286 e. The van der Waals surface area contributed by atoms with Crippen molar-refractivity contribution in [2.24, 2.45) is 0 Å². The number of nitrogens with zero attached hydrogens (tertiary/aromatic N) is 1. The van der Waals surface area contributed by atoms with Crippen molar-refractivity contribution in [2.75, 3.05) is 5.73 Å².